The summed E-state index contributed by atoms with van der Waals surface area (Å²) in [4.78, 5) is 2.47. The fourth-order valence-electron chi connectivity index (χ4n) is 1.98. The van der Waals surface area contributed by atoms with Gasteiger partial charge in [-0.15, -0.1) is 0 Å². The topological polar surface area (TPSA) is 49.4 Å². The molecule has 1 heterocycles. The fraction of sp³-hybridized carbons (Fsp3) is 0.500. The third kappa shape index (κ3) is 3.52. The molecule has 0 bridgehead atoms. The quantitative estimate of drug-likeness (QED) is 0.884. The first-order valence-corrected chi connectivity index (χ1v) is 7.44. The van der Waals surface area contributed by atoms with Gasteiger partial charge in [0.2, 0.25) is 10.0 Å². The molecule has 1 aromatic carbocycles. The number of benzene rings is 1. The van der Waals surface area contributed by atoms with Crippen LogP contribution < -0.4 is 4.72 Å². The highest BCUT2D eigenvalue weighted by atomic mass is 32.2. The first-order chi connectivity index (χ1) is 8.18. The summed E-state index contributed by atoms with van der Waals surface area (Å²) in [5, 5.41) is 0. The number of sulfonamides is 1. The highest BCUT2D eigenvalue weighted by molar-refractivity contribution is 7.89. The summed E-state index contributed by atoms with van der Waals surface area (Å²) in [5.74, 6) is 0. The van der Waals surface area contributed by atoms with Crippen LogP contribution in [0.4, 0.5) is 0 Å². The highest BCUT2D eigenvalue weighted by Gasteiger charge is 2.16. The van der Waals surface area contributed by atoms with Crippen LogP contribution in [0.25, 0.3) is 0 Å². The monoisotopic (exact) mass is 254 g/mol. The van der Waals surface area contributed by atoms with Crippen molar-refractivity contribution < 1.29 is 8.42 Å². The molecule has 4 nitrogen and oxygen atoms in total. The summed E-state index contributed by atoms with van der Waals surface area (Å²) in [5.41, 5.74) is 0. The van der Waals surface area contributed by atoms with E-state index in [1.165, 1.54) is 6.42 Å². The van der Waals surface area contributed by atoms with E-state index in [1.54, 1.807) is 24.3 Å². The van der Waals surface area contributed by atoms with Crippen molar-refractivity contribution in [2.45, 2.75) is 24.2 Å². The van der Waals surface area contributed by atoms with Crippen LogP contribution in [0.2, 0.25) is 0 Å². The Morgan fingerprint density at radius 2 is 1.71 bits per heavy atom. The maximum Gasteiger partial charge on any atom is 0.241 e. The Bertz CT molecular complexity index is 439. The van der Waals surface area contributed by atoms with Crippen molar-refractivity contribution in [2.24, 2.45) is 0 Å². The minimum absolute atomic E-state index is 0.331. The van der Waals surface area contributed by atoms with Crippen LogP contribution >= 0.6 is 0 Å². The maximum absolute atomic E-state index is 11.9. The van der Waals surface area contributed by atoms with Crippen molar-refractivity contribution in [3.63, 3.8) is 0 Å². The van der Waals surface area contributed by atoms with Gasteiger partial charge in [-0.3, -0.25) is 4.90 Å². The second-order valence-corrected chi connectivity index (χ2v) is 6.06. The molecule has 94 valence electrons. The molecule has 0 aliphatic carbocycles. The largest absolute Gasteiger partial charge is 0.290 e. The number of piperidine rings is 1. The van der Waals surface area contributed by atoms with Gasteiger partial charge in [0.1, 0.15) is 0 Å². The zero-order valence-electron chi connectivity index (χ0n) is 9.80. The van der Waals surface area contributed by atoms with Gasteiger partial charge in [0.05, 0.1) is 11.6 Å². The van der Waals surface area contributed by atoms with Crippen LogP contribution in [0.3, 0.4) is 0 Å². The SMILES string of the molecule is O=S(=O)(NCN1CCCCC1)c1ccccc1. The second-order valence-electron chi connectivity index (χ2n) is 4.30. The fourth-order valence-corrected chi connectivity index (χ4v) is 3.01. The van der Waals surface area contributed by atoms with Gasteiger partial charge in [-0.05, 0) is 38.1 Å². The molecule has 1 fully saturated rings. The summed E-state index contributed by atoms with van der Waals surface area (Å²) in [6, 6.07) is 8.49. The molecule has 1 saturated heterocycles. The first-order valence-electron chi connectivity index (χ1n) is 5.95. The minimum atomic E-state index is -3.35. The Morgan fingerprint density at radius 1 is 1.06 bits per heavy atom. The van der Waals surface area contributed by atoms with Gasteiger partial charge in [0.15, 0.2) is 0 Å². The molecule has 0 amide bonds. The third-order valence-corrected chi connectivity index (χ3v) is 4.38. The van der Waals surface area contributed by atoms with Crippen molar-refractivity contribution in [1.82, 2.24) is 9.62 Å². The van der Waals surface area contributed by atoms with Gasteiger partial charge in [0.25, 0.3) is 0 Å². The summed E-state index contributed by atoms with van der Waals surface area (Å²) < 4.78 is 26.5. The molecule has 1 N–H and O–H groups in total. The standard InChI is InChI=1S/C12H18N2O2S/c15-17(16,12-7-3-1-4-8-12)13-11-14-9-5-2-6-10-14/h1,3-4,7-8,13H,2,5-6,9-11H2. The molecule has 0 atom stereocenters. The summed E-state index contributed by atoms with van der Waals surface area (Å²) in [6.45, 7) is 2.38. The lowest BCUT2D eigenvalue weighted by Crippen LogP contribution is -2.40. The van der Waals surface area contributed by atoms with E-state index in [2.05, 4.69) is 9.62 Å². The molecular formula is C12H18N2O2S. The van der Waals surface area contributed by atoms with Gasteiger partial charge >= 0.3 is 0 Å². The molecule has 0 radical (unpaired) electrons. The number of hydrogen-bond acceptors (Lipinski definition) is 3. The molecule has 5 heteroatoms. The van der Waals surface area contributed by atoms with Crippen molar-refractivity contribution in [1.29, 1.82) is 0 Å². The molecule has 17 heavy (non-hydrogen) atoms. The Hall–Kier alpha value is -0.910. The van der Waals surface area contributed by atoms with Crippen LogP contribution in [0.5, 0.6) is 0 Å². The molecule has 1 aliphatic heterocycles. The van der Waals surface area contributed by atoms with E-state index in [0.29, 0.717) is 11.6 Å². The lowest BCUT2D eigenvalue weighted by atomic mass is 10.1. The Morgan fingerprint density at radius 3 is 2.35 bits per heavy atom. The number of hydrogen-bond donors (Lipinski definition) is 1. The second kappa shape index (κ2) is 5.62. The average Bonchev–Trinajstić information content (AvgIpc) is 2.39. The van der Waals surface area contributed by atoms with Crippen LogP contribution in [0.1, 0.15) is 19.3 Å². The molecule has 1 aromatic rings. The van der Waals surface area contributed by atoms with E-state index >= 15 is 0 Å². The molecule has 2 rings (SSSR count). The lowest BCUT2D eigenvalue weighted by Gasteiger charge is -2.26. The molecule has 0 spiro atoms. The van der Waals surface area contributed by atoms with Crippen molar-refractivity contribution >= 4 is 10.0 Å². The van der Waals surface area contributed by atoms with E-state index in [1.807, 2.05) is 6.07 Å². The first kappa shape index (κ1) is 12.5. The molecule has 0 unspecified atom stereocenters. The van der Waals surface area contributed by atoms with Gasteiger partial charge in [-0.2, -0.15) is 4.72 Å². The van der Waals surface area contributed by atoms with Crippen LogP contribution in [0, 0.1) is 0 Å². The lowest BCUT2D eigenvalue weighted by molar-refractivity contribution is 0.226. The van der Waals surface area contributed by atoms with Crippen molar-refractivity contribution in [3.8, 4) is 0 Å². The van der Waals surface area contributed by atoms with Crippen LogP contribution in [0.15, 0.2) is 35.2 Å². The number of nitrogens with zero attached hydrogens (tertiary/aromatic N) is 1. The zero-order chi connectivity index (χ0) is 12.1. The predicted octanol–water partition coefficient (Wildman–Crippen LogP) is 1.41. The van der Waals surface area contributed by atoms with E-state index in [4.69, 9.17) is 0 Å². The summed E-state index contributed by atoms with van der Waals surface area (Å²) >= 11 is 0. The van der Waals surface area contributed by atoms with Gasteiger partial charge in [-0.1, -0.05) is 24.6 Å². The van der Waals surface area contributed by atoms with Crippen molar-refractivity contribution in [3.05, 3.63) is 30.3 Å². The van der Waals surface area contributed by atoms with Crippen LogP contribution in [-0.4, -0.2) is 33.1 Å². The zero-order valence-corrected chi connectivity index (χ0v) is 10.6. The molecule has 1 aliphatic rings. The predicted molar refractivity (Wildman–Crippen MR) is 67.1 cm³/mol. The number of rotatable bonds is 4. The average molecular weight is 254 g/mol. The molecule has 0 aromatic heterocycles. The molecular weight excluding hydrogens is 236 g/mol. The summed E-state index contributed by atoms with van der Waals surface area (Å²) in [6.07, 6.45) is 3.57. The van der Waals surface area contributed by atoms with Crippen molar-refractivity contribution in [2.75, 3.05) is 19.8 Å². The van der Waals surface area contributed by atoms with E-state index in [-0.39, 0.29) is 0 Å². The Balaban J connectivity index is 1.94. The normalized spacial score (nSPS) is 18.1. The third-order valence-electron chi connectivity index (χ3n) is 2.98. The molecule has 0 saturated carbocycles. The Labute approximate surface area is 103 Å². The van der Waals surface area contributed by atoms with E-state index in [0.717, 1.165) is 25.9 Å². The smallest absolute Gasteiger partial charge is 0.241 e. The maximum atomic E-state index is 11.9. The number of likely N-dealkylation sites (tertiary alicyclic amines) is 1. The highest BCUT2D eigenvalue weighted by Crippen LogP contribution is 2.10. The van der Waals surface area contributed by atoms with Crippen LogP contribution in [-0.2, 0) is 10.0 Å². The Kier molecular flexibility index (Phi) is 4.15. The summed E-state index contributed by atoms with van der Waals surface area (Å²) in [7, 11) is -3.35. The minimum Gasteiger partial charge on any atom is -0.290 e. The van der Waals surface area contributed by atoms with Gasteiger partial charge in [-0.25, -0.2) is 8.42 Å². The van der Waals surface area contributed by atoms with Gasteiger partial charge < -0.3 is 0 Å². The van der Waals surface area contributed by atoms with Gasteiger partial charge in [0, 0.05) is 0 Å². The van der Waals surface area contributed by atoms with E-state index < -0.39 is 10.0 Å². The van der Waals surface area contributed by atoms with E-state index in [9.17, 15) is 8.42 Å². The number of nitrogens with one attached hydrogen (secondary N) is 1.